The van der Waals surface area contributed by atoms with E-state index in [0.29, 0.717) is 54.3 Å². The molecule has 17 nitrogen and oxygen atoms in total. The van der Waals surface area contributed by atoms with E-state index >= 15 is 0 Å². The SMILES string of the molecule is Cn1nc(C2CCC(=O)NC2=O)c2ccc(N3CCN(CC4CCN(CC[C@H](CSc5ccccc5)Nc5ccc(S(=O)(=O)NC(=O)c6ccc7c(c6)CCC6CN(CC8=C(c9ccc(Cl)cc9)CCC(C)(C)C8)CCN76)cc5S(=O)(=O)C(F)(F)F)CC4)CC3)cc21. The Labute approximate surface area is 546 Å². The number of carbonyl (C=O) groups is 3. The largest absolute Gasteiger partial charge is 0.501 e. The van der Waals surface area contributed by atoms with Crippen molar-refractivity contribution >= 4 is 94.5 Å². The van der Waals surface area contributed by atoms with Gasteiger partial charge >= 0.3 is 5.51 Å². The normalized spacial score (nSPS) is 21.0. The van der Waals surface area contributed by atoms with Crippen molar-refractivity contribution in [2.24, 2.45) is 18.4 Å². The second-order valence-corrected chi connectivity index (χ2v) is 31.6. The zero-order valence-corrected chi connectivity index (χ0v) is 55.4. The Morgan fingerprint density at radius 3 is 2.30 bits per heavy atom. The second kappa shape index (κ2) is 27.1. The number of sulfonamides is 1. The maximum absolute atomic E-state index is 14.6. The van der Waals surface area contributed by atoms with Crippen LogP contribution in [-0.4, -0.2) is 161 Å². The molecule has 0 spiro atoms. The zero-order valence-electron chi connectivity index (χ0n) is 52.2. The van der Waals surface area contributed by atoms with Crippen LogP contribution in [0.3, 0.4) is 0 Å². The van der Waals surface area contributed by atoms with Crippen LogP contribution in [-0.2, 0) is 42.9 Å². The molecule has 0 saturated carbocycles. The molecule has 1 aliphatic carbocycles. The number of amides is 3. The lowest BCUT2D eigenvalue weighted by Crippen LogP contribution is -2.55. The first-order chi connectivity index (χ1) is 43.9. The first-order valence-corrected chi connectivity index (χ1v) is 36.3. The van der Waals surface area contributed by atoms with Crippen molar-refractivity contribution in [1.29, 1.82) is 0 Å². The highest BCUT2D eigenvalue weighted by molar-refractivity contribution is 7.99. The lowest BCUT2D eigenvalue weighted by Gasteiger charge is -2.47. The molecule has 5 aliphatic heterocycles. The minimum atomic E-state index is -6.12. The Kier molecular flexibility index (Phi) is 19.3. The van der Waals surface area contributed by atoms with E-state index in [4.69, 9.17) is 16.7 Å². The second-order valence-electron chi connectivity index (χ2n) is 26.5. The lowest BCUT2D eigenvalue weighted by molar-refractivity contribution is -0.134. The molecule has 5 aromatic carbocycles. The third-order valence-corrected chi connectivity index (χ3v) is 23.9. The number of aromatic nitrogens is 2. The summed E-state index contributed by atoms with van der Waals surface area (Å²) in [5.41, 5.74) is 2.73. The zero-order chi connectivity index (χ0) is 64.7. The number of nitrogens with one attached hydrogen (secondary N) is 3. The smallest absolute Gasteiger partial charge is 0.380 e. The number of anilines is 3. The van der Waals surface area contributed by atoms with Gasteiger partial charge in [-0.1, -0.05) is 61.4 Å². The molecule has 1 aromatic heterocycles. The van der Waals surface area contributed by atoms with Crippen molar-refractivity contribution in [2.45, 2.75) is 116 Å². The number of sulfone groups is 1. The molecule has 6 aliphatic rings. The standard InChI is InChI=1S/C68H80ClF3N10O7S3/c1-67(2)27-23-56(46-9-13-50(69)14-10-46)49(40-67)42-80-33-36-82-53(43-80)15-11-47-37-48(12-21-60(47)82)65(84)76-92(88,89)55-17-20-59(62(39-55)91(86,87)68(70,71)72)73-51(44-90-54-7-5-4-6-8-54)26-30-78-28-24-45(25-29-78)41-79-31-34-81(35-32-79)52-16-18-57-61(38-52)77(3)75-64(57)58-19-22-63(83)74-66(58)85/h4-10,12-14,16-18,20-21,37-39,45,51,53,58,73H,11,15,19,22-36,40-44H2,1-3H3,(H,76,84)(H,74,83,85)/t51-,53?,58?/m1/s1. The molecule has 3 atom stereocenters. The molecule has 4 fully saturated rings. The molecule has 6 aromatic rings. The van der Waals surface area contributed by atoms with Crippen molar-refractivity contribution in [1.82, 2.24) is 34.5 Å². The molecule has 6 heterocycles. The molecule has 24 heteroatoms. The molecule has 92 heavy (non-hydrogen) atoms. The van der Waals surface area contributed by atoms with E-state index in [1.54, 1.807) is 12.1 Å². The van der Waals surface area contributed by atoms with Crippen molar-refractivity contribution in [2.75, 3.05) is 99.4 Å². The van der Waals surface area contributed by atoms with Crippen molar-refractivity contribution in [3.63, 3.8) is 0 Å². The number of thioether (sulfide) groups is 1. The molecular weight excluding hydrogens is 1260 g/mol. The van der Waals surface area contributed by atoms with Crippen LogP contribution in [0, 0.1) is 11.3 Å². The highest BCUT2D eigenvalue weighted by atomic mass is 35.5. The number of alkyl halides is 3. The number of aryl methyl sites for hydroxylation is 2. The third-order valence-electron chi connectivity index (χ3n) is 19.6. The molecule has 2 unspecified atom stereocenters. The third kappa shape index (κ3) is 14.7. The van der Waals surface area contributed by atoms with E-state index in [1.807, 2.05) is 71.0 Å². The minimum absolute atomic E-state index is 0.0490. The van der Waals surface area contributed by atoms with Crippen LogP contribution in [0.5, 0.6) is 0 Å². The Balaban J connectivity index is 0.665. The number of imide groups is 1. The summed E-state index contributed by atoms with van der Waals surface area (Å²) in [5.74, 6) is -1.20. The van der Waals surface area contributed by atoms with Gasteiger partial charge in [0.1, 0.15) is 4.90 Å². The summed E-state index contributed by atoms with van der Waals surface area (Å²) in [7, 11) is -9.15. The van der Waals surface area contributed by atoms with Crippen LogP contribution in [0.2, 0.25) is 5.02 Å². The number of rotatable bonds is 19. The highest BCUT2D eigenvalue weighted by Gasteiger charge is 2.49. The predicted molar refractivity (Wildman–Crippen MR) is 356 cm³/mol. The summed E-state index contributed by atoms with van der Waals surface area (Å²) in [6.45, 7) is 14.7. The molecule has 490 valence electrons. The maximum Gasteiger partial charge on any atom is 0.501 e. The van der Waals surface area contributed by atoms with E-state index in [2.05, 4.69) is 73.2 Å². The van der Waals surface area contributed by atoms with Crippen LogP contribution in [0.15, 0.2) is 129 Å². The fourth-order valence-electron chi connectivity index (χ4n) is 14.5. The van der Waals surface area contributed by atoms with Crippen LogP contribution in [0.1, 0.15) is 105 Å². The molecule has 3 N–H and O–H groups in total. The monoisotopic (exact) mass is 1340 g/mol. The van der Waals surface area contributed by atoms with Gasteiger partial charge in [0.25, 0.3) is 25.8 Å². The number of piperidine rings is 2. The van der Waals surface area contributed by atoms with E-state index < -0.39 is 58.7 Å². The first kappa shape index (κ1) is 65.6. The van der Waals surface area contributed by atoms with E-state index in [9.17, 15) is 44.4 Å². The number of nitrogens with zero attached hydrogens (tertiary/aromatic N) is 7. The average molecular weight is 1340 g/mol. The molecule has 0 radical (unpaired) electrons. The summed E-state index contributed by atoms with van der Waals surface area (Å²) in [6, 6.07) is 31.1. The number of benzene rings is 5. The summed E-state index contributed by atoms with van der Waals surface area (Å²) >= 11 is 7.73. The Bertz CT molecular complexity index is 4010. The summed E-state index contributed by atoms with van der Waals surface area (Å²) in [6.07, 6.45) is 7.70. The van der Waals surface area contributed by atoms with E-state index in [-0.39, 0.29) is 35.3 Å². The minimum Gasteiger partial charge on any atom is -0.380 e. The van der Waals surface area contributed by atoms with Crippen LogP contribution in [0.25, 0.3) is 16.5 Å². The fraction of sp³-hybridized carbons (Fsp3) is 0.471. The average Bonchev–Trinajstić information content (AvgIpc) is 0.881. The highest BCUT2D eigenvalue weighted by Crippen LogP contribution is 2.44. The fourth-order valence-corrected chi connectivity index (χ4v) is 17.6. The van der Waals surface area contributed by atoms with Gasteiger partial charge in [-0.25, -0.2) is 21.6 Å². The number of halogens is 4. The number of hydrogen-bond donors (Lipinski definition) is 3. The molecular formula is C68H80ClF3N10O7S3. The van der Waals surface area contributed by atoms with Gasteiger partial charge in [-0.15, -0.1) is 11.8 Å². The molecule has 3 amide bonds. The van der Waals surface area contributed by atoms with Gasteiger partial charge in [0.15, 0.2) is 0 Å². The van der Waals surface area contributed by atoms with Gasteiger partial charge in [-0.2, -0.15) is 18.3 Å². The Morgan fingerprint density at radius 2 is 1.57 bits per heavy atom. The number of carbonyl (C=O) groups excluding carboxylic acids is 3. The summed E-state index contributed by atoms with van der Waals surface area (Å²) in [4.78, 5) is 49.3. The van der Waals surface area contributed by atoms with Crippen molar-refractivity contribution in [3.05, 3.63) is 142 Å². The quantitative estimate of drug-likeness (QED) is 0.0513. The summed E-state index contributed by atoms with van der Waals surface area (Å²) < 4.78 is 103. The van der Waals surface area contributed by atoms with E-state index in [0.717, 1.165) is 155 Å². The summed E-state index contributed by atoms with van der Waals surface area (Å²) in [5, 5.41) is 11.9. The molecule has 12 rings (SSSR count). The van der Waals surface area contributed by atoms with Gasteiger partial charge in [0, 0.05) is 129 Å². The number of hydrogen-bond acceptors (Lipinski definition) is 15. The van der Waals surface area contributed by atoms with Crippen LogP contribution >= 0.6 is 23.4 Å². The number of likely N-dealkylation sites (tertiary alicyclic amines) is 1. The molecule has 0 bridgehead atoms. The van der Waals surface area contributed by atoms with Crippen LogP contribution in [0.4, 0.5) is 30.2 Å². The lowest BCUT2D eigenvalue weighted by atomic mass is 9.72. The van der Waals surface area contributed by atoms with Gasteiger partial charge in [-0.05, 0) is 178 Å². The van der Waals surface area contributed by atoms with Gasteiger partial charge in [0.2, 0.25) is 11.8 Å². The predicted octanol–water partition coefficient (Wildman–Crippen LogP) is 10.8. The number of piperazine rings is 2. The van der Waals surface area contributed by atoms with Crippen molar-refractivity contribution < 1.29 is 44.4 Å². The van der Waals surface area contributed by atoms with Gasteiger partial charge in [-0.3, -0.25) is 34.2 Å². The van der Waals surface area contributed by atoms with E-state index in [1.165, 1.54) is 28.5 Å². The van der Waals surface area contributed by atoms with Crippen LogP contribution < -0.4 is 25.2 Å². The Morgan fingerprint density at radius 1 is 0.815 bits per heavy atom. The maximum atomic E-state index is 14.6. The van der Waals surface area contributed by atoms with Gasteiger partial charge in [0.05, 0.1) is 27.7 Å². The Hall–Kier alpha value is -6.47. The number of fused-ring (bicyclic) bond motifs is 4. The topological polar surface area (TPSA) is 190 Å². The first-order valence-electron chi connectivity index (χ1n) is 32.0. The van der Waals surface area contributed by atoms with Gasteiger partial charge < -0.3 is 20.0 Å². The van der Waals surface area contributed by atoms with Crippen molar-refractivity contribution in [3.8, 4) is 0 Å². The number of allylic oxidation sites excluding steroid dienone is 1. The molecule has 4 saturated heterocycles.